The van der Waals surface area contributed by atoms with Gasteiger partial charge in [0.15, 0.2) is 0 Å². The van der Waals surface area contributed by atoms with Crippen molar-refractivity contribution in [3.63, 3.8) is 0 Å². The Balaban J connectivity index is 0.00000441. The SMILES string of the molecule is CCNc1cc(C(=O)N[C@@H](Cc2ccc(Cl)cc2)[C@H](O)CNC2CCCCC2)cc(N2CCCCS2(=O)=O)c1.Cl. The molecule has 4 rings (SSSR count). The Morgan fingerprint density at radius 3 is 2.48 bits per heavy atom. The number of carbonyl (C=O) groups excluding carboxylic acids is 1. The van der Waals surface area contributed by atoms with Crippen molar-refractivity contribution in [2.45, 2.75) is 76.5 Å². The molecule has 1 saturated heterocycles. The number of carbonyl (C=O) groups is 1. The molecule has 8 nitrogen and oxygen atoms in total. The van der Waals surface area contributed by atoms with Gasteiger partial charge in [-0.3, -0.25) is 9.10 Å². The third kappa shape index (κ3) is 8.98. The van der Waals surface area contributed by atoms with E-state index in [0.29, 0.717) is 60.5 Å². The maximum absolute atomic E-state index is 13.6. The normalized spacial score (nSPS) is 18.8. The minimum Gasteiger partial charge on any atom is -0.390 e. The highest BCUT2D eigenvalue weighted by atomic mass is 35.5. The van der Waals surface area contributed by atoms with E-state index in [4.69, 9.17) is 11.6 Å². The van der Waals surface area contributed by atoms with Gasteiger partial charge in [-0.15, -0.1) is 12.4 Å². The fraction of sp³-hybridized carbons (Fsp3) is 0.552. The summed E-state index contributed by atoms with van der Waals surface area (Å²) in [5.74, 6) is -0.260. The number of anilines is 2. The second kappa shape index (κ2) is 15.3. The van der Waals surface area contributed by atoms with Crippen LogP contribution in [0.4, 0.5) is 11.4 Å². The van der Waals surface area contributed by atoms with Gasteiger partial charge in [-0.1, -0.05) is 43.0 Å². The van der Waals surface area contributed by atoms with Gasteiger partial charge in [-0.2, -0.15) is 0 Å². The van der Waals surface area contributed by atoms with E-state index in [2.05, 4.69) is 16.0 Å². The molecule has 0 radical (unpaired) electrons. The molecule has 222 valence electrons. The van der Waals surface area contributed by atoms with Gasteiger partial charge in [-0.25, -0.2) is 8.42 Å². The molecule has 2 aromatic rings. The minimum absolute atomic E-state index is 0. The third-order valence-corrected chi connectivity index (χ3v) is 9.69. The van der Waals surface area contributed by atoms with Gasteiger partial charge in [-0.05, 0) is 74.9 Å². The van der Waals surface area contributed by atoms with Crippen molar-refractivity contribution in [1.82, 2.24) is 10.6 Å². The molecule has 2 fully saturated rings. The summed E-state index contributed by atoms with van der Waals surface area (Å²) in [5, 5.41) is 21.6. The molecular formula is C29H42Cl2N4O4S. The number of aliphatic hydroxyl groups is 1. The van der Waals surface area contributed by atoms with Crippen LogP contribution in [0.15, 0.2) is 42.5 Å². The molecule has 2 atom stereocenters. The molecule has 4 N–H and O–H groups in total. The molecule has 1 amide bonds. The lowest BCUT2D eigenvalue weighted by Crippen LogP contribution is -2.50. The van der Waals surface area contributed by atoms with Crippen LogP contribution < -0.4 is 20.3 Å². The number of nitrogens with one attached hydrogen (secondary N) is 3. The lowest BCUT2D eigenvalue weighted by molar-refractivity contribution is 0.0821. The number of nitrogens with zero attached hydrogens (tertiary/aromatic N) is 1. The fourth-order valence-electron chi connectivity index (χ4n) is 5.42. The Labute approximate surface area is 249 Å². The summed E-state index contributed by atoms with van der Waals surface area (Å²) >= 11 is 6.07. The highest BCUT2D eigenvalue weighted by molar-refractivity contribution is 7.92. The van der Waals surface area contributed by atoms with Gasteiger partial charge >= 0.3 is 0 Å². The topological polar surface area (TPSA) is 111 Å². The number of hydrogen-bond acceptors (Lipinski definition) is 6. The molecule has 1 saturated carbocycles. The molecule has 2 aliphatic rings. The second-order valence-corrected chi connectivity index (χ2v) is 13.1. The first kappa shape index (κ1) is 32.5. The van der Waals surface area contributed by atoms with Gasteiger partial charge in [0.25, 0.3) is 5.91 Å². The van der Waals surface area contributed by atoms with Gasteiger partial charge in [0.05, 0.1) is 23.6 Å². The fourth-order valence-corrected chi connectivity index (χ4v) is 7.17. The maximum atomic E-state index is 13.6. The molecule has 1 aliphatic carbocycles. The summed E-state index contributed by atoms with van der Waals surface area (Å²) in [5.41, 5.74) is 2.45. The number of rotatable bonds is 11. The second-order valence-electron chi connectivity index (χ2n) is 10.6. The summed E-state index contributed by atoms with van der Waals surface area (Å²) < 4.78 is 27.0. The number of benzene rings is 2. The Kier molecular flexibility index (Phi) is 12.4. The van der Waals surface area contributed by atoms with E-state index in [-0.39, 0.29) is 24.1 Å². The van der Waals surface area contributed by atoms with E-state index in [0.717, 1.165) is 24.8 Å². The van der Waals surface area contributed by atoms with Gasteiger partial charge in [0.1, 0.15) is 0 Å². The Bertz CT molecular complexity index is 1210. The summed E-state index contributed by atoms with van der Waals surface area (Å²) in [4.78, 5) is 13.6. The Hall–Kier alpha value is -2.04. The summed E-state index contributed by atoms with van der Waals surface area (Å²) in [6.07, 6.45) is 6.85. The van der Waals surface area contributed by atoms with E-state index < -0.39 is 22.2 Å². The lowest BCUT2D eigenvalue weighted by Gasteiger charge is -2.30. The third-order valence-electron chi connectivity index (χ3n) is 7.57. The monoisotopic (exact) mass is 612 g/mol. The maximum Gasteiger partial charge on any atom is 0.251 e. The van der Waals surface area contributed by atoms with Crippen LogP contribution in [-0.2, 0) is 16.4 Å². The van der Waals surface area contributed by atoms with E-state index in [9.17, 15) is 18.3 Å². The molecule has 1 aliphatic heterocycles. The molecule has 40 heavy (non-hydrogen) atoms. The van der Waals surface area contributed by atoms with Crippen LogP contribution in [0.25, 0.3) is 0 Å². The smallest absolute Gasteiger partial charge is 0.251 e. The van der Waals surface area contributed by atoms with Crippen LogP contribution in [-0.4, -0.2) is 63.0 Å². The van der Waals surface area contributed by atoms with Gasteiger partial charge < -0.3 is 21.1 Å². The number of hydrogen-bond donors (Lipinski definition) is 4. The van der Waals surface area contributed by atoms with Crippen LogP contribution in [0, 0.1) is 0 Å². The zero-order chi connectivity index (χ0) is 27.8. The van der Waals surface area contributed by atoms with Crippen molar-refractivity contribution in [3.8, 4) is 0 Å². The number of sulfonamides is 1. The van der Waals surface area contributed by atoms with Crippen LogP contribution in [0.5, 0.6) is 0 Å². The van der Waals surface area contributed by atoms with Crippen molar-refractivity contribution >= 4 is 51.3 Å². The van der Waals surface area contributed by atoms with Crippen molar-refractivity contribution in [2.75, 3.05) is 35.0 Å². The van der Waals surface area contributed by atoms with Crippen LogP contribution >= 0.6 is 24.0 Å². The standard InChI is InChI=1S/C29H41ClN4O4S.ClH/c1-2-31-25-17-22(18-26(19-25)34-14-6-7-15-39(34,37)38)29(36)33-27(16-21-10-12-23(30)13-11-21)28(35)20-32-24-8-4-3-5-9-24;/h10-13,17-19,24,27-28,31-32,35H,2-9,14-16,20H2,1H3,(H,33,36);1H/t27-,28+;/m0./s1. The first-order chi connectivity index (χ1) is 18.7. The predicted molar refractivity (Wildman–Crippen MR) is 166 cm³/mol. The summed E-state index contributed by atoms with van der Waals surface area (Å²) in [6, 6.07) is 12.3. The zero-order valence-corrected chi connectivity index (χ0v) is 25.5. The molecule has 0 unspecified atom stereocenters. The van der Waals surface area contributed by atoms with E-state index >= 15 is 0 Å². The van der Waals surface area contributed by atoms with E-state index in [1.807, 2.05) is 19.1 Å². The molecular weight excluding hydrogens is 571 g/mol. The zero-order valence-electron chi connectivity index (χ0n) is 23.1. The predicted octanol–water partition coefficient (Wildman–Crippen LogP) is 4.75. The molecule has 0 spiro atoms. The molecule has 11 heteroatoms. The van der Waals surface area contributed by atoms with E-state index in [1.165, 1.54) is 23.6 Å². The first-order valence-electron chi connectivity index (χ1n) is 14.1. The summed E-state index contributed by atoms with van der Waals surface area (Å²) in [6.45, 7) is 3.34. The lowest BCUT2D eigenvalue weighted by atomic mass is 9.95. The van der Waals surface area contributed by atoms with Crippen molar-refractivity contribution < 1.29 is 18.3 Å². The van der Waals surface area contributed by atoms with Gasteiger partial charge in [0, 0.05) is 41.9 Å². The Morgan fingerprint density at radius 2 is 1.80 bits per heavy atom. The number of halogens is 2. The van der Waals surface area contributed by atoms with Crippen molar-refractivity contribution in [2.24, 2.45) is 0 Å². The summed E-state index contributed by atoms with van der Waals surface area (Å²) in [7, 11) is -3.43. The quantitative estimate of drug-likeness (QED) is 0.291. The highest BCUT2D eigenvalue weighted by Crippen LogP contribution is 2.28. The number of aliphatic hydroxyl groups excluding tert-OH is 1. The average Bonchev–Trinajstić information content (AvgIpc) is 2.93. The molecule has 1 heterocycles. The van der Waals surface area contributed by atoms with Crippen LogP contribution in [0.3, 0.4) is 0 Å². The van der Waals surface area contributed by atoms with Crippen LogP contribution in [0.2, 0.25) is 5.02 Å². The highest BCUT2D eigenvalue weighted by Gasteiger charge is 2.28. The Morgan fingerprint density at radius 1 is 1.07 bits per heavy atom. The van der Waals surface area contributed by atoms with Crippen molar-refractivity contribution in [1.29, 1.82) is 0 Å². The molecule has 0 aromatic heterocycles. The molecule has 0 bridgehead atoms. The largest absolute Gasteiger partial charge is 0.390 e. The van der Waals surface area contributed by atoms with E-state index in [1.54, 1.807) is 30.3 Å². The first-order valence-corrected chi connectivity index (χ1v) is 16.1. The van der Waals surface area contributed by atoms with Crippen molar-refractivity contribution in [3.05, 3.63) is 58.6 Å². The van der Waals surface area contributed by atoms with Crippen LogP contribution in [0.1, 0.15) is 67.8 Å². The van der Waals surface area contributed by atoms with Gasteiger partial charge in [0.2, 0.25) is 10.0 Å². The average molecular weight is 614 g/mol. The number of amides is 1. The minimum atomic E-state index is -3.43. The molecule has 2 aromatic carbocycles.